The van der Waals surface area contributed by atoms with Gasteiger partial charge in [0, 0.05) is 17.2 Å². The largest absolute Gasteiger partial charge is 0.490 e. The van der Waals surface area contributed by atoms with Gasteiger partial charge in [-0.15, -0.1) is 10.2 Å². The van der Waals surface area contributed by atoms with Crippen molar-refractivity contribution >= 4 is 34.9 Å². The van der Waals surface area contributed by atoms with Crippen LogP contribution in [0.25, 0.3) is 21.1 Å². The van der Waals surface area contributed by atoms with Gasteiger partial charge in [-0.3, -0.25) is 9.69 Å². The Balaban J connectivity index is 1.52. The normalized spacial score (nSPS) is 16.5. The molecule has 0 saturated carbocycles. The fourth-order valence-electron chi connectivity index (χ4n) is 4.34. The smallest absolute Gasteiger partial charge is 0.413 e. The highest BCUT2D eigenvalue weighted by Gasteiger charge is 2.46. The Labute approximate surface area is 252 Å². The monoisotopic (exact) mass is 620 g/mol. The van der Waals surface area contributed by atoms with E-state index in [1.165, 1.54) is 28.4 Å². The maximum absolute atomic E-state index is 15.2. The number of carbonyl (C=O) groups excluding carboxylic acids is 2. The van der Waals surface area contributed by atoms with Crippen molar-refractivity contribution in [2.75, 3.05) is 13.2 Å². The van der Waals surface area contributed by atoms with Gasteiger partial charge in [0.15, 0.2) is 11.6 Å². The molecule has 1 aliphatic rings. The zero-order chi connectivity index (χ0) is 31.0. The number of rotatable bonds is 8. The predicted octanol–water partition coefficient (Wildman–Crippen LogP) is 6.30. The molecule has 13 heteroatoms. The van der Waals surface area contributed by atoms with Gasteiger partial charge < -0.3 is 24.7 Å². The Kier molecular flexibility index (Phi) is 9.00. The molecular formula is C29H34ClFN4O6S. The molecule has 4 rings (SSSR count). The number of nitrogens with zero attached hydrogens (tertiary/aromatic N) is 3. The fraction of sp³-hybridized carbons (Fsp3) is 0.448. The molecule has 0 aliphatic carbocycles. The standard InChI is InChI=1S/C29H34ClFN4O6S/c1-15(2)40-22-9-8-16(10-19(22)24(32)36)25-33-34-26(42-25)18-11-21(31)23(12-20(18)30)38-13-17-14-39-29(6,7)35(17)27(37)41-28(3,4)5/h8-12,15,17H,13-14H2,1-7H3,(H2,32,36). The van der Waals surface area contributed by atoms with Crippen molar-refractivity contribution in [3.8, 4) is 32.6 Å². The van der Waals surface area contributed by atoms with E-state index in [9.17, 15) is 9.59 Å². The first-order valence-corrected chi connectivity index (χ1v) is 14.5. The maximum Gasteiger partial charge on any atom is 0.413 e. The molecule has 42 heavy (non-hydrogen) atoms. The molecule has 0 bridgehead atoms. The summed E-state index contributed by atoms with van der Waals surface area (Å²) in [6.07, 6.45) is -0.696. The maximum atomic E-state index is 15.2. The second-order valence-electron chi connectivity index (χ2n) is 11.5. The van der Waals surface area contributed by atoms with E-state index in [-0.39, 0.29) is 35.7 Å². The van der Waals surface area contributed by atoms with Gasteiger partial charge in [0.2, 0.25) is 0 Å². The Bertz CT molecular complexity index is 1490. The molecule has 1 aromatic heterocycles. The molecular weight excluding hydrogens is 587 g/mol. The van der Waals surface area contributed by atoms with Crippen molar-refractivity contribution in [3.63, 3.8) is 0 Å². The second-order valence-corrected chi connectivity index (χ2v) is 12.9. The van der Waals surface area contributed by atoms with E-state index < -0.39 is 35.2 Å². The molecule has 1 aliphatic heterocycles. The molecule has 2 aromatic carbocycles. The van der Waals surface area contributed by atoms with Gasteiger partial charge in [0.25, 0.3) is 5.91 Å². The van der Waals surface area contributed by atoms with E-state index >= 15 is 4.39 Å². The molecule has 2 amide bonds. The third-order valence-electron chi connectivity index (χ3n) is 6.13. The first-order chi connectivity index (χ1) is 19.6. The van der Waals surface area contributed by atoms with Crippen molar-refractivity contribution in [1.29, 1.82) is 0 Å². The van der Waals surface area contributed by atoms with Crippen LogP contribution in [0.3, 0.4) is 0 Å². The topological polar surface area (TPSA) is 126 Å². The number of carbonyl (C=O) groups is 2. The number of aromatic nitrogens is 2. The zero-order valence-corrected chi connectivity index (χ0v) is 26.1. The lowest BCUT2D eigenvalue weighted by Gasteiger charge is -2.35. The molecule has 3 aromatic rings. The molecule has 1 saturated heterocycles. The third-order valence-corrected chi connectivity index (χ3v) is 7.45. The number of ether oxygens (including phenoxy) is 4. The molecule has 2 N–H and O–H groups in total. The quantitative estimate of drug-likeness (QED) is 0.311. The minimum atomic E-state index is -0.925. The molecule has 2 heterocycles. The highest BCUT2D eigenvalue weighted by Crippen LogP contribution is 2.38. The van der Waals surface area contributed by atoms with Crippen LogP contribution in [-0.4, -0.2) is 63.8 Å². The van der Waals surface area contributed by atoms with Crippen molar-refractivity contribution in [2.45, 2.75) is 71.9 Å². The van der Waals surface area contributed by atoms with E-state index in [0.29, 0.717) is 26.9 Å². The van der Waals surface area contributed by atoms with Crippen molar-refractivity contribution in [1.82, 2.24) is 15.1 Å². The average Bonchev–Trinajstić information content (AvgIpc) is 3.47. The van der Waals surface area contributed by atoms with Gasteiger partial charge in [0.1, 0.15) is 33.7 Å². The number of primary amides is 1. The Morgan fingerprint density at radius 1 is 1.19 bits per heavy atom. The number of hydrogen-bond acceptors (Lipinski definition) is 9. The SMILES string of the molecule is CC(C)Oc1ccc(-c2nnc(-c3cc(F)c(OCC4COC(C)(C)N4C(=O)OC(C)(C)C)cc3Cl)s2)cc1C(N)=O. The highest BCUT2D eigenvalue weighted by molar-refractivity contribution is 7.18. The van der Waals surface area contributed by atoms with Crippen LogP contribution in [0.4, 0.5) is 9.18 Å². The summed E-state index contributed by atoms with van der Waals surface area (Å²) in [6, 6.07) is 7.03. The number of halogens is 2. The second kappa shape index (κ2) is 12.0. The van der Waals surface area contributed by atoms with Gasteiger partial charge in [-0.1, -0.05) is 22.9 Å². The average molecular weight is 621 g/mol. The number of hydrogen-bond donors (Lipinski definition) is 1. The molecule has 0 radical (unpaired) electrons. The van der Waals surface area contributed by atoms with Crippen LogP contribution in [0.2, 0.25) is 5.02 Å². The van der Waals surface area contributed by atoms with Crippen LogP contribution >= 0.6 is 22.9 Å². The van der Waals surface area contributed by atoms with Crippen LogP contribution in [0.15, 0.2) is 30.3 Å². The molecule has 1 fully saturated rings. The molecule has 1 unspecified atom stereocenters. The van der Waals surface area contributed by atoms with Gasteiger partial charge in [-0.05, 0) is 72.7 Å². The highest BCUT2D eigenvalue weighted by atomic mass is 35.5. The molecule has 10 nitrogen and oxygen atoms in total. The summed E-state index contributed by atoms with van der Waals surface area (Å²) in [5, 5.41) is 9.42. The first-order valence-electron chi connectivity index (χ1n) is 13.3. The van der Waals surface area contributed by atoms with Gasteiger partial charge >= 0.3 is 6.09 Å². The van der Waals surface area contributed by atoms with Crippen LogP contribution in [0.1, 0.15) is 58.8 Å². The summed E-state index contributed by atoms with van der Waals surface area (Å²) < 4.78 is 38.0. The summed E-state index contributed by atoms with van der Waals surface area (Å²) in [4.78, 5) is 26.3. The van der Waals surface area contributed by atoms with E-state index in [1.54, 1.807) is 52.8 Å². The van der Waals surface area contributed by atoms with E-state index in [1.807, 2.05) is 13.8 Å². The first kappa shape index (κ1) is 31.5. The lowest BCUT2D eigenvalue weighted by molar-refractivity contribution is -0.0637. The van der Waals surface area contributed by atoms with Gasteiger partial charge in [-0.25, -0.2) is 9.18 Å². The van der Waals surface area contributed by atoms with Crippen molar-refractivity contribution in [2.24, 2.45) is 5.73 Å². The molecule has 1 atom stereocenters. The van der Waals surface area contributed by atoms with Crippen LogP contribution in [0, 0.1) is 5.82 Å². The van der Waals surface area contributed by atoms with Crippen molar-refractivity contribution in [3.05, 3.63) is 46.7 Å². The lowest BCUT2D eigenvalue weighted by atomic mass is 10.1. The van der Waals surface area contributed by atoms with E-state index in [0.717, 1.165) is 0 Å². The Morgan fingerprint density at radius 2 is 1.88 bits per heavy atom. The minimum Gasteiger partial charge on any atom is -0.490 e. The fourth-order valence-corrected chi connectivity index (χ4v) is 5.51. The summed E-state index contributed by atoms with van der Waals surface area (Å²) >= 11 is 7.69. The van der Waals surface area contributed by atoms with Gasteiger partial charge in [0.05, 0.1) is 29.3 Å². The van der Waals surface area contributed by atoms with Gasteiger partial charge in [-0.2, -0.15) is 0 Å². The minimum absolute atomic E-state index is 0.0447. The molecule has 0 spiro atoms. The lowest BCUT2D eigenvalue weighted by Crippen LogP contribution is -2.51. The Morgan fingerprint density at radius 3 is 2.52 bits per heavy atom. The van der Waals surface area contributed by atoms with Crippen LogP contribution < -0.4 is 15.2 Å². The van der Waals surface area contributed by atoms with Crippen LogP contribution in [-0.2, 0) is 9.47 Å². The van der Waals surface area contributed by atoms with E-state index in [2.05, 4.69) is 10.2 Å². The predicted molar refractivity (Wildman–Crippen MR) is 157 cm³/mol. The summed E-state index contributed by atoms with van der Waals surface area (Å²) in [7, 11) is 0. The summed E-state index contributed by atoms with van der Waals surface area (Å²) in [6.45, 7) is 12.7. The number of nitrogens with two attached hydrogens (primary N) is 1. The number of amides is 2. The summed E-state index contributed by atoms with van der Waals surface area (Å²) in [5.41, 5.74) is 5.06. The third kappa shape index (κ3) is 7.11. The van der Waals surface area contributed by atoms with Crippen LogP contribution in [0.5, 0.6) is 11.5 Å². The van der Waals surface area contributed by atoms with Crippen molar-refractivity contribution < 1.29 is 32.9 Å². The Hall–Kier alpha value is -3.48. The number of benzene rings is 2. The van der Waals surface area contributed by atoms with E-state index in [4.69, 9.17) is 36.3 Å². The summed E-state index contributed by atoms with van der Waals surface area (Å²) in [5.74, 6) is -1.03. The molecule has 226 valence electrons. The zero-order valence-electron chi connectivity index (χ0n) is 24.5.